The van der Waals surface area contributed by atoms with Crippen LogP contribution in [0, 0.1) is 5.92 Å². The maximum absolute atomic E-state index is 3.50. The Labute approximate surface area is 113 Å². The van der Waals surface area contributed by atoms with Gasteiger partial charge in [-0.25, -0.2) is 0 Å². The minimum atomic E-state index is 0.732. The molecule has 0 spiro atoms. The lowest BCUT2D eigenvalue weighted by Gasteiger charge is -2.24. The zero-order chi connectivity index (χ0) is 12.5. The maximum Gasteiger partial charge on any atom is 0.0155 e. The Hall–Kier alpha value is 0.310. The highest BCUT2D eigenvalue weighted by atomic mass is 32.2. The summed E-state index contributed by atoms with van der Waals surface area (Å²) in [5.74, 6) is 2.33. The zero-order valence-corrected chi connectivity index (χ0v) is 12.8. The van der Waals surface area contributed by atoms with Crippen molar-refractivity contribution in [3.63, 3.8) is 0 Å². The molecule has 17 heavy (non-hydrogen) atoms. The molecule has 0 amide bonds. The SMILES string of the molecule is CCC(C)SCC(CCC1CCCCC1)NC. The number of hydrogen-bond acceptors (Lipinski definition) is 2. The Morgan fingerprint density at radius 2 is 1.94 bits per heavy atom. The second kappa shape index (κ2) is 9.27. The van der Waals surface area contributed by atoms with Crippen LogP contribution in [0.15, 0.2) is 0 Å². The van der Waals surface area contributed by atoms with E-state index in [1.54, 1.807) is 0 Å². The van der Waals surface area contributed by atoms with Gasteiger partial charge in [0, 0.05) is 17.0 Å². The van der Waals surface area contributed by atoms with Crippen molar-refractivity contribution in [2.75, 3.05) is 12.8 Å². The summed E-state index contributed by atoms with van der Waals surface area (Å²) < 4.78 is 0. The second-order valence-corrected chi connectivity index (χ2v) is 7.09. The molecular weight excluding hydrogens is 226 g/mol. The fourth-order valence-corrected chi connectivity index (χ4v) is 3.75. The van der Waals surface area contributed by atoms with E-state index < -0.39 is 0 Å². The molecule has 2 heteroatoms. The molecule has 1 rings (SSSR count). The highest BCUT2D eigenvalue weighted by Gasteiger charge is 2.16. The topological polar surface area (TPSA) is 12.0 Å². The molecule has 0 aromatic carbocycles. The van der Waals surface area contributed by atoms with Gasteiger partial charge in [0.15, 0.2) is 0 Å². The van der Waals surface area contributed by atoms with Crippen LogP contribution in [0.25, 0.3) is 0 Å². The lowest BCUT2D eigenvalue weighted by molar-refractivity contribution is 0.320. The third kappa shape index (κ3) is 6.71. The minimum Gasteiger partial charge on any atom is -0.316 e. The molecule has 1 aliphatic rings. The molecule has 1 fully saturated rings. The van der Waals surface area contributed by atoms with Gasteiger partial charge in [-0.2, -0.15) is 11.8 Å². The molecule has 0 aromatic heterocycles. The number of thioether (sulfide) groups is 1. The van der Waals surface area contributed by atoms with E-state index in [-0.39, 0.29) is 0 Å². The van der Waals surface area contributed by atoms with Crippen LogP contribution in [0.5, 0.6) is 0 Å². The third-order valence-electron chi connectivity index (χ3n) is 4.21. The van der Waals surface area contributed by atoms with Crippen molar-refractivity contribution in [2.24, 2.45) is 5.92 Å². The number of nitrogens with one attached hydrogen (secondary N) is 1. The summed E-state index contributed by atoms with van der Waals surface area (Å²) in [7, 11) is 2.13. The summed E-state index contributed by atoms with van der Waals surface area (Å²) >= 11 is 2.13. The zero-order valence-electron chi connectivity index (χ0n) is 12.0. The van der Waals surface area contributed by atoms with Gasteiger partial charge in [-0.15, -0.1) is 0 Å². The first-order valence-electron chi connectivity index (χ1n) is 7.55. The molecule has 1 N–H and O–H groups in total. The van der Waals surface area contributed by atoms with E-state index in [1.807, 2.05) is 0 Å². The van der Waals surface area contributed by atoms with Gasteiger partial charge in [-0.1, -0.05) is 46.0 Å². The lowest BCUT2D eigenvalue weighted by atomic mass is 9.85. The molecule has 0 radical (unpaired) electrons. The van der Waals surface area contributed by atoms with Crippen LogP contribution >= 0.6 is 11.8 Å². The second-order valence-electron chi connectivity index (χ2n) is 5.62. The molecule has 102 valence electrons. The summed E-state index contributed by atoms with van der Waals surface area (Å²) in [6.07, 6.45) is 11.6. The van der Waals surface area contributed by atoms with E-state index in [4.69, 9.17) is 0 Å². The highest BCUT2D eigenvalue weighted by Crippen LogP contribution is 2.28. The third-order valence-corrected chi connectivity index (χ3v) is 5.71. The molecular formula is C15H31NS. The molecule has 0 saturated heterocycles. The van der Waals surface area contributed by atoms with Crippen LogP contribution in [0.1, 0.15) is 65.2 Å². The van der Waals surface area contributed by atoms with Crippen molar-refractivity contribution in [3.05, 3.63) is 0 Å². The Morgan fingerprint density at radius 1 is 1.24 bits per heavy atom. The molecule has 1 nitrogen and oxygen atoms in total. The van der Waals surface area contributed by atoms with E-state index in [2.05, 4.69) is 38.0 Å². The quantitative estimate of drug-likeness (QED) is 0.688. The van der Waals surface area contributed by atoms with Crippen molar-refractivity contribution in [1.82, 2.24) is 5.32 Å². The van der Waals surface area contributed by atoms with Crippen LogP contribution in [-0.4, -0.2) is 24.1 Å². The first-order valence-corrected chi connectivity index (χ1v) is 8.60. The largest absolute Gasteiger partial charge is 0.316 e. The number of hydrogen-bond donors (Lipinski definition) is 1. The van der Waals surface area contributed by atoms with Gasteiger partial charge < -0.3 is 5.32 Å². The average molecular weight is 257 g/mol. The highest BCUT2D eigenvalue weighted by molar-refractivity contribution is 7.99. The average Bonchev–Trinajstić information content (AvgIpc) is 2.39. The van der Waals surface area contributed by atoms with Gasteiger partial charge in [-0.05, 0) is 32.2 Å². The van der Waals surface area contributed by atoms with Gasteiger partial charge in [0.25, 0.3) is 0 Å². The fourth-order valence-electron chi connectivity index (χ4n) is 2.62. The van der Waals surface area contributed by atoms with Crippen molar-refractivity contribution in [3.8, 4) is 0 Å². The lowest BCUT2D eigenvalue weighted by Crippen LogP contribution is -2.29. The molecule has 1 saturated carbocycles. The van der Waals surface area contributed by atoms with Crippen LogP contribution < -0.4 is 5.32 Å². The van der Waals surface area contributed by atoms with E-state index >= 15 is 0 Å². The standard InChI is InChI=1S/C15H31NS/c1-4-13(2)17-12-15(16-3)11-10-14-8-6-5-7-9-14/h13-16H,4-12H2,1-3H3. The van der Waals surface area contributed by atoms with E-state index in [9.17, 15) is 0 Å². The summed E-state index contributed by atoms with van der Waals surface area (Å²) in [5, 5.41) is 4.32. The molecule has 1 aliphatic carbocycles. The van der Waals surface area contributed by atoms with Gasteiger partial charge in [0.1, 0.15) is 0 Å². The molecule has 2 unspecified atom stereocenters. The first kappa shape index (κ1) is 15.4. The summed E-state index contributed by atoms with van der Waals surface area (Å²) in [4.78, 5) is 0. The van der Waals surface area contributed by atoms with Crippen LogP contribution in [0.2, 0.25) is 0 Å². The van der Waals surface area contributed by atoms with Gasteiger partial charge >= 0.3 is 0 Å². The van der Waals surface area contributed by atoms with Gasteiger partial charge in [0.2, 0.25) is 0 Å². The van der Waals surface area contributed by atoms with E-state index in [0.717, 1.165) is 17.2 Å². The summed E-state index contributed by atoms with van der Waals surface area (Å²) in [5.41, 5.74) is 0. The smallest absolute Gasteiger partial charge is 0.0155 e. The Morgan fingerprint density at radius 3 is 2.53 bits per heavy atom. The first-order chi connectivity index (χ1) is 8.26. The Balaban J connectivity index is 2.12. The van der Waals surface area contributed by atoms with E-state index in [1.165, 1.54) is 57.1 Å². The monoisotopic (exact) mass is 257 g/mol. The van der Waals surface area contributed by atoms with Crippen molar-refractivity contribution >= 4 is 11.8 Å². The van der Waals surface area contributed by atoms with Gasteiger partial charge in [0.05, 0.1) is 0 Å². The fraction of sp³-hybridized carbons (Fsp3) is 1.00. The van der Waals surface area contributed by atoms with Crippen LogP contribution in [0.4, 0.5) is 0 Å². The molecule has 2 atom stereocenters. The van der Waals surface area contributed by atoms with Crippen molar-refractivity contribution in [2.45, 2.75) is 76.5 Å². The van der Waals surface area contributed by atoms with Crippen molar-refractivity contribution in [1.29, 1.82) is 0 Å². The molecule has 0 heterocycles. The van der Waals surface area contributed by atoms with E-state index in [0.29, 0.717) is 0 Å². The Kier molecular flexibility index (Phi) is 8.38. The molecule has 0 aliphatic heterocycles. The predicted octanol–water partition coefficient (Wildman–Crippen LogP) is 4.47. The van der Waals surface area contributed by atoms with Gasteiger partial charge in [-0.3, -0.25) is 0 Å². The predicted molar refractivity (Wildman–Crippen MR) is 80.9 cm³/mol. The Bertz CT molecular complexity index is 178. The van der Waals surface area contributed by atoms with Crippen LogP contribution in [0.3, 0.4) is 0 Å². The normalized spacial score (nSPS) is 21.4. The summed E-state index contributed by atoms with van der Waals surface area (Å²) in [6.45, 7) is 4.63. The minimum absolute atomic E-state index is 0.732. The summed E-state index contributed by atoms with van der Waals surface area (Å²) in [6, 6.07) is 0.732. The number of rotatable bonds is 8. The maximum atomic E-state index is 3.50. The van der Waals surface area contributed by atoms with Crippen LogP contribution in [-0.2, 0) is 0 Å². The molecule has 0 bridgehead atoms. The molecule has 0 aromatic rings. The van der Waals surface area contributed by atoms with Crippen molar-refractivity contribution < 1.29 is 0 Å².